The highest BCUT2D eigenvalue weighted by Gasteiger charge is 2.14. The van der Waals surface area contributed by atoms with Crippen LogP contribution in [0.3, 0.4) is 0 Å². The summed E-state index contributed by atoms with van der Waals surface area (Å²) in [4.78, 5) is 20.7. The molecule has 7 heteroatoms. The molecular formula is C19H14FN5O. The summed E-state index contributed by atoms with van der Waals surface area (Å²) >= 11 is 0. The molecule has 0 radical (unpaired) electrons. The Morgan fingerprint density at radius 1 is 1.04 bits per heavy atom. The van der Waals surface area contributed by atoms with Gasteiger partial charge in [-0.2, -0.15) is 5.26 Å². The minimum Gasteiger partial charge on any atom is -0.364 e. The number of nitrogens with zero attached hydrogens (tertiary/aromatic N) is 3. The van der Waals surface area contributed by atoms with Crippen LogP contribution in [0.4, 0.5) is 15.9 Å². The molecule has 0 saturated carbocycles. The van der Waals surface area contributed by atoms with Crippen molar-refractivity contribution < 1.29 is 9.18 Å². The van der Waals surface area contributed by atoms with Gasteiger partial charge in [-0.05, 0) is 42.0 Å². The van der Waals surface area contributed by atoms with Crippen LogP contribution in [0.15, 0.2) is 60.9 Å². The van der Waals surface area contributed by atoms with Crippen LogP contribution in [0.1, 0.15) is 21.6 Å². The molecule has 128 valence electrons. The zero-order valence-electron chi connectivity index (χ0n) is 13.6. The predicted molar refractivity (Wildman–Crippen MR) is 94.9 cm³/mol. The molecule has 0 atom stereocenters. The maximum Gasteiger partial charge on any atom is 0.278 e. The molecule has 0 aliphatic carbocycles. The van der Waals surface area contributed by atoms with E-state index in [1.54, 1.807) is 36.4 Å². The van der Waals surface area contributed by atoms with Gasteiger partial charge in [-0.25, -0.2) is 14.4 Å². The standard InChI is InChI=1S/C19H14FN5O/c20-15-5-1-14(2-6-15)12-24-18-17(22-9-10-23-18)19(26)25-16-7-3-13(11-21)4-8-16/h1-10H,12H2,(H,23,24)(H,25,26). The van der Waals surface area contributed by atoms with E-state index in [-0.39, 0.29) is 11.5 Å². The molecule has 1 amide bonds. The van der Waals surface area contributed by atoms with Crippen LogP contribution >= 0.6 is 0 Å². The number of carbonyl (C=O) groups is 1. The summed E-state index contributed by atoms with van der Waals surface area (Å²) in [6.45, 7) is 0.371. The van der Waals surface area contributed by atoms with E-state index in [0.29, 0.717) is 23.6 Å². The van der Waals surface area contributed by atoms with Gasteiger partial charge in [0.1, 0.15) is 5.82 Å². The van der Waals surface area contributed by atoms with Crippen LogP contribution in [0.25, 0.3) is 0 Å². The normalized spacial score (nSPS) is 10.0. The second kappa shape index (κ2) is 7.85. The van der Waals surface area contributed by atoms with Crippen LogP contribution in [-0.4, -0.2) is 15.9 Å². The minimum atomic E-state index is -0.426. The lowest BCUT2D eigenvalue weighted by Crippen LogP contribution is -2.17. The van der Waals surface area contributed by atoms with Crippen molar-refractivity contribution in [2.45, 2.75) is 6.54 Å². The monoisotopic (exact) mass is 347 g/mol. The number of nitriles is 1. The molecule has 3 aromatic rings. The summed E-state index contributed by atoms with van der Waals surface area (Å²) in [5.74, 6) is -0.414. The third-order valence-corrected chi connectivity index (χ3v) is 3.56. The molecule has 1 aromatic heterocycles. The molecule has 3 rings (SSSR count). The molecule has 0 fully saturated rings. The number of carbonyl (C=O) groups excluding carboxylic acids is 1. The minimum absolute atomic E-state index is 0.138. The lowest BCUT2D eigenvalue weighted by Gasteiger charge is -2.10. The molecule has 6 nitrogen and oxygen atoms in total. The molecule has 2 N–H and O–H groups in total. The van der Waals surface area contributed by atoms with Crippen LogP contribution in [0.2, 0.25) is 0 Å². The first-order chi connectivity index (χ1) is 12.7. The molecule has 0 spiro atoms. The average molecular weight is 347 g/mol. The number of aromatic nitrogens is 2. The fraction of sp³-hybridized carbons (Fsp3) is 0.0526. The Bertz CT molecular complexity index is 949. The fourth-order valence-electron chi connectivity index (χ4n) is 2.24. The summed E-state index contributed by atoms with van der Waals surface area (Å²) in [6, 6.07) is 14.5. The molecule has 0 bridgehead atoms. The maximum absolute atomic E-state index is 13.0. The highest BCUT2D eigenvalue weighted by Crippen LogP contribution is 2.15. The van der Waals surface area contributed by atoms with Crippen molar-refractivity contribution in [1.29, 1.82) is 5.26 Å². The first kappa shape index (κ1) is 17.0. The number of nitrogens with one attached hydrogen (secondary N) is 2. The highest BCUT2D eigenvalue weighted by molar-refractivity contribution is 6.05. The lowest BCUT2D eigenvalue weighted by atomic mass is 10.2. The van der Waals surface area contributed by atoms with Crippen molar-refractivity contribution in [3.8, 4) is 6.07 Å². The highest BCUT2D eigenvalue weighted by atomic mass is 19.1. The number of halogens is 1. The molecular weight excluding hydrogens is 333 g/mol. The average Bonchev–Trinajstić information content (AvgIpc) is 2.68. The van der Waals surface area contributed by atoms with Crippen molar-refractivity contribution >= 4 is 17.4 Å². The molecule has 26 heavy (non-hydrogen) atoms. The lowest BCUT2D eigenvalue weighted by molar-refractivity contribution is 0.102. The van der Waals surface area contributed by atoms with E-state index < -0.39 is 5.91 Å². The number of rotatable bonds is 5. The maximum atomic E-state index is 13.0. The zero-order chi connectivity index (χ0) is 18.4. The van der Waals surface area contributed by atoms with Crippen LogP contribution in [0.5, 0.6) is 0 Å². The van der Waals surface area contributed by atoms with Gasteiger partial charge in [-0.1, -0.05) is 12.1 Å². The van der Waals surface area contributed by atoms with Gasteiger partial charge in [-0.15, -0.1) is 0 Å². The number of hydrogen-bond donors (Lipinski definition) is 2. The van der Waals surface area contributed by atoms with Crippen molar-refractivity contribution in [2.24, 2.45) is 0 Å². The fourth-order valence-corrected chi connectivity index (χ4v) is 2.24. The van der Waals surface area contributed by atoms with E-state index in [2.05, 4.69) is 20.6 Å². The van der Waals surface area contributed by atoms with Crippen LogP contribution < -0.4 is 10.6 Å². The van der Waals surface area contributed by atoms with E-state index in [9.17, 15) is 9.18 Å². The number of benzene rings is 2. The molecule has 0 unspecified atom stereocenters. The molecule has 0 saturated heterocycles. The van der Waals surface area contributed by atoms with E-state index in [4.69, 9.17) is 5.26 Å². The summed E-state index contributed by atoms with van der Waals surface area (Å²) in [6.07, 6.45) is 2.91. The molecule has 0 aliphatic rings. The Kier molecular flexibility index (Phi) is 5.15. The van der Waals surface area contributed by atoms with E-state index in [1.807, 2.05) is 6.07 Å². The summed E-state index contributed by atoms with van der Waals surface area (Å²) in [5, 5.41) is 14.6. The van der Waals surface area contributed by atoms with Crippen molar-refractivity contribution in [3.63, 3.8) is 0 Å². The summed E-state index contributed by atoms with van der Waals surface area (Å²) in [7, 11) is 0. The van der Waals surface area contributed by atoms with Crippen molar-refractivity contribution in [2.75, 3.05) is 10.6 Å². The number of anilines is 2. The van der Waals surface area contributed by atoms with Gasteiger partial charge >= 0.3 is 0 Å². The predicted octanol–water partition coefficient (Wildman–Crippen LogP) is 3.35. The summed E-state index contributed by atoms with van der Waals surface area (Å²) < 4.78 is 13.0. The van der Waals surface area contributed by atoms with Gasteiger partial charge in [0, 0.05) is 24.6 Å². The molecule has 2 aromatic carbocycles. The Hall–Kier alpha value is -3.79. The van der Waals surface area contributed by atoms with Gasteiger partial charge < -0.3 is 10.6 Å². The van der Waals surface area contributed by atoms with Crippen LogP contribution in [-0.2, 0) is 6.54 Å². The Morgan fingerprint density at radius 3 is 2.42 bits per heavy atom. The number of hydrogen-bond acceptors (Lipinski definition) is 5. The Morgan fingerprint density at radius 2 is 1.73 bits per heavy atom. The smallest absolute Gasteiger partial charge is 0.278 e. The van der Waals surface area contributed by atoms with Gasteiger partial charge in [0.2, 0.25) is 0 Å². The second-order valence-electron chi connectivity index (χ2n) is 5.38. The van der Waals surface area contributed by atoms with Gasteiger partial charge in [0.25, 0.3) is 5.91 Å². The van der Waals surface area contributed by atoms with E-state index in [0.717, 1.165) is 5.56 Å². The van der Waals surface area contributed by atoms with Crippen molar-refractivity contribution in [3.05, 3.63) is 83.6 Å². The summed E-state index contributed by atoms with van der Waals surface area (Å²) in [5.41, 5.74) is 2.03. The van der Waals surface area contributed by atoms with Gasteiger partial charge in [0.15, 0.2) is 11.5 Å². The van der Waals surface area contributed by atoms with Gasteiger partial charge in [0.05, 0.1) is 11.6 Å². The first-order valence-corrected chi connectivity index (χ1v) is 7.76. The van der Waals surface area contributed by atoms with Crippen molar-refractivity contribution in [1.82, 2.24) is 9.97 Å². The van der Waals surface area contributed by atoms with Gasteiger partial charge in [-0.3, -0.25) is 4.79 Å². The Labute approximate surface area is 149 Å². The molecule has 0 aliphatic heterocycles. The third kappa shape index (κ3) is 4.19. The topological polar surface area (TPSA) is 90.7 Å². The SMILES string of the molecule is N#Cc1ccc(NC(=O)c2nccnc2NCc2ccc(F)cc2)cc1. The van der Waals surface area contributed by atoms with E-state index >= 15 is 0 Å². The second-order valence-corrected chi connectivity index (χ2v) is 5.38. The molecule has 1 heterocycles. The van der Waals surface area contributed by atoms with Crippen LogP contribution in [0, 0.1) is 17.1 Å². The zero-order valence-corrected chi connectivity index (χ0v) is 13.6. The third-order valence-electron chi connectivity index (χ3n) is 3.56. The quantitative estimate of drug-likeness (QED) is 0.738. The van der Waals surface area contributed by atoms with E-state index in [1.165, 1.54) is 24.5 Å². The largest absolute Gasteiger partial charge is 0.364 e. The number of amides is 1. The Balaban J connectivity index is 1.72. The first-order valence-electron chi connectivity index (χ1n) is 7.76.